The maximum Gasteiger partial charge on any atom is -0.0383 e. The molecule has 2 aliphatic carbocycles. The number of fused-ring (bicyclic) bond motifs is 1. The molecule has 0 amide bonds. The minimum atomic E-state index is 1.04. The summed E-state index contributed by atoms with van der Waals surface area (Å²) in [7, 11) is 0. The molecule has 0 aliphatic heterocycles. The average Bonchev–Trinajstić information content (AvgIpc) is 2.33. The Morgan fingerprint density at radius 3 is 2.60 bits per heavy atom. The molecule has 2 fully saturated rings. The molecule has 10 heavy (non-hydrogen) atoms. The lowest BCUT2D eigenvalue weighted by Gasteiger charge is -2.29. The van der Waals surface area contributed by atoms with Crippen molar-refractivity contribution in [3.8, 4) is 0 Å². The van der Waals surface area contributed by atoms with E-state index in [4.69, 9.17) is 0 Å². The molecule has 2 aliphatic rings. The first-order valence-electron chi connectivity index (χ1n) is 4.86. The second-order valence-corrected chi connectivity index (χ2v) is 4.37. The third kappa shape index (κ3) is 1.09. The number of rotatable bonds is 0. The molecule has 0 heteroatoms. The van der Waals surface area contributed by atoms with Crippen molar-refractivity contribution >= 4 is 0 Å². The van der Waals surface area contributed by atoms with Crippen LogP contribution < -0.4 is 0 Å². The molecule has 2 rings (SSSR count). The van der Waals surface area contributed by atoms with Crippen molar-refractivity contribution in [2.24, 2.45) is 17.8 Å². The fraction of sp³-hybridized carbons (Fsp3) is 1.00. The third-order valence-corrected chi connectivity index (χ3v) is 3.55. The first-order chi connectivity index (χ1) is 4.86. The zero-order chi connectivity index (χ0) is 6.97. The largest absolute Gasteiger partial charge is 0.0625 e. The van der Waals surface area contributed by atoms with E-state index in [1.54, 1.807) is 25.7 Å². The number of hydrogen-bond acceptors (Lipinski definition) is 0. The van der Waals surface area contributed by atoms with Gasteiger partial charge in [0.05, 0.1) is 0 Å². The van der Waals surface area contributed by atoms with E-state index in [-0.39, 0.29) is 0 Å². The van der Waals surface area contributed by atoms with Gasteiger partial charge in [0.25, 0.3) is 0 Å². The first-order valence-corrected chi connectivity index (χ1v) is 4.86. The van der Waals surface area contributed by atoms with Gasteiger partial charge in [-0.2, -0.15) is 0 Å². The van der Waals surface area contributed by atoms with Crippen LogP contribution in [-0.4, -0.2) is 0 Å². The molecule has 0 spiro atoms. The van der Waals surface area contributed by atoms with E-state index in [0.717, 1.165) is 17.8 Å². The summed E-state index contributed by atoms with van der Waals surface area (Å²) in [5.74, 6) is 3.33. The molecule has 0 N–H and O–H groups in total. The maximum atomic E-state index is 2.43. The summed E-state index contributed by atoms with van der Waals surface area (Å²) in [6.07, 6.45) is 9.24. The summed E-state index contributed by atoms with van der Waals surface area (Å²) >= 11 is 0. The van der Waals surface area contributed by atoms with Crippen LogP contribution in [0, 0.1) is 17.8 Å². The summed E-state index contributed by atoms with van der Waals surface area (Å²) in [5, 5.41) is 0. The molecule has 3 atom stereocenters. The quantitative estimate of drug-likeness (QED) is 0.482. The zero-order valence-electron chi connectivity index (χ0n) is 6.97. The van der Waals surface area contributed by atoms with Crippen LogP contribution in [0.2, 0.25) is 0 Å². The third-order valence-electron chi connectivity index (χ3n) is 3.55. The Labute approximate surface area is 64.0 Å². The van der Waals surface area contributed by atoms with Crippen LogP contribution in [-0.2, 0) is 0 Å². The predicted octanol–water partition coefficient (Wildman–Crippen LogP) is 3.22. The highest BCUT2D eigenvalue weighted by Gasteiger charge is 2.31. The summed E-state index contributed by atoms with van der Waals surface area (Å²) in [6.45, 7) is 2.43. The molecular formula is C10H18. The van der Waals surface area contributed by atoms with Gasteiger partial charge < -0.3 is 0 Å². The Kier molecular flexibility index (Phi) is 1.71. The van der Waals surface area contributed by atoms with E-state index in [0.29, 0.717) is 0 Å². The molecule has 0 aromatic carbocycles. The van der Waals surface area contributed by atoms with Gasteiger partial charge in [-0.3, -0.25) is 0 Å². The van der Waals surface area contributed by atoms with Gasteiger partial charge in [-0.1, -0.05) is 32.6 Å². The van der Waals surface area contributed by atoms with Gasteiger partial charge in [0, 0.05) is 0 Å². The standard InChI is InChI=1S/C10H18/c1-8-5-6-9-3-2-4-10(9)7-8/h8-10H,2-7H2,1H3/t8-,9?,10?/m0/s1. The fourth-order valence-electron chi connectivity index (χ4n) is 2.94. The fourth-order valence-corrected chi connectivity index (χ4v) is 2.94. The molecule has 0 nitrogen and oxygen atoms in total. The van der Waals surface area contributed by atoms with E-state index in [1.807, 2.05) is 0 Å². The molecular weight excluding hydrogens is 120 g/mol. The lowest BCUT2D eigenvalue weighted by molar-refractivity contribution is 0.220. The van der Waals surface area contributed by atoms with Crippen molar-refractivity contribution in [3.63, 3.8) is 0 Å². The summed E-state index contributed by atoms with van der Waals surface area (Å²) < 4.78 is 0. The minimum Gasteiger partial charge on any atom is -0.0625 e. The Morgan fingerprint density at radius 1 is 0.900 bits per heavy atom. The maximum absolute atomic E-state index is 2.43. The van der Waals surface area contributed by atoms with Crippen LogP contribution in [0.5, 0.6) is 0 Å². The molecule has 0 heterocycles. The molecule has 0 aromatic rings. The SMILES string of the molecule is C[C@H]1CCC2CCCC2C1. The minimum absolute atomic E-state index is 1.04. The highest BCUT2D eigenvalue weighted by Crippen LogP contribution is 2.43. The first kappa shape index (κ1) is 6.69. The monoisotopic (exact) mass is 138 g/mol. The molecule has 2 unspecified atom stereocenters. The second kappa shape index (κ2) is 2.56. The number of hydrogen-bond donors (Lipinski definition) is 0. The van der Waals surface area contributed by atoms with Gasteiger partial charge in [0.15, 0.2) is 0 Å². The van der Waals surface area contributed by atoms with E-state index >= 15 is 0 Å². The van der Waals surface area contributed by atoms with Crippen LogP contribution in [0.1, 0.15) is 45.4 Å². The van der Waals surface area contributed by atoms with E-state index in [9.17, 15) is 0 Å². The van der Waals surface area contributed by atoms with Crippen molar-refractivity contribution in [2.75, 3.05) is 0 Å². The van der Waals surface area contributed by atoms with Crippen LogP contribution in [0.15, 0.2) is 0 Å². The van der Waals surface area contributed by atoms with Crippen LogP contribution in [0.25, 0.3) is 0 Å². The van der Waals surface area contributed by atoms with Gasteiger partial charge >= 0.3 is 0 Å². The normalized spacial score (nSPS) is 47.1. The Bertz CT molecular complexity index is 117. The molecule has 0 radical (unpaired) electrons. The van der Waals surface area contributed by atoms with Gasteiger partial charge in [0.1, 0.15) is 0 Å². The lowest BCUT2D eigenvalue weighted by Crippen LogP contribution is -2.18. The molecule has 2 saturated carbocycles. The molecule has 0 saturated heterocycles. The van der Waals surface area contributed by atoms with E-state index in [2.05, 4.69) is 6.92 Å². The lowest BCUT2D eigenvalue weighted by atomic mass is 9.77. The van der Waals surface area contributed by atoms with Crippen LogP contribution >= 0.6 is 0 Å². The highest BCUT2D eigenvalue weighted by atomic mass is 14.4. The van der Waals surface area contributed by atoms with Crippen molar-refractivity contribution in [3.05, 3.63) is 0 Å². The summed E-state index contributed by atoms with van der Waals surface area (Å²) in [5.41, 5.74) is 0. The Morgan fingerprint density at radius 2 is 1.70 bits per heavy atom. The van der Waals surface area contributed by atoms with E-state index in [1.165, 1.54) is 12.8 Å². The predicted molar refractivity (Wildman–Crippen MR) is 43.8 cm³/mol. The molecule has 0 bridgehead atoms. The van der Waals surface area contributed by atoms with Crippen LogP contribution in [0.3, 0.4) is 0 Å². The van der Waals surface area contributed by atoms with Crippen molar-refractivity contribution < 1.29 is 0 Å². The Balaban J connectivity index is 1.96. The Hall–Kier alpha value is 0. The van der Waals surface area contributed by atoms with Gasteiger partial charge in [-0.25, -0.2) is 0 Å². The summed E-state index contributed by atoms with van der Waals surface area (Å²) in [4.78, 5) is 0. The topological polar surface area (TPSA) is 0 Å². The van der Waals surface area contributed by atoms with Gasteiger partial charge in [-0.05, 0) is 30.6 Å². The van der Waals surface area contributed by atoms with Crippen molar-refractivity contribution in [1.82, 2.24) is 0 Å². The van der Waals surface area contributed by atoms with Gasteiger partial charge in [0.2, 0.25) is 0 Å². The summed E-state index contributed by atoms with van der Waals surface area (Å²) in [6, 6.07) is 0. The van der Waals surface area contributed by atoms with E-state index < -0.39 is 0 Å². The average molecular weight is 138 g/mol. The second-order valence-electron chi connectivity index (χ2n) is 4.37. The smallest absolute Gasteiger partial charge is 0.0383 e. The zero-order valence-corrected chi connectivity index (χ0v) is 6.97. The molecule has 0 aromatic heterocycles. The highest BCUT2D eigenvalue weighted by molar-refractivity contribution is 4.83. The van der Waals surface area contributed by atoms with Crippen molar-refractivity contribution in [2.45, 2.75) is 45.4 Å². The van der Waals surface area contributed by atoms with Crippen molar-refractivity contribution in [1.29, 1.82) is 0 Å². The molecule has 58 valence electrons. The van der Waals surface area contributed by atoms with Crippen LogP contribution in [0.4, 0.5) is 0 Å². The van der Waals surface area contributed by atoms with Gasteiger partial charge in [-0.15, -0.1) is 0 Å².